The Hall–Kier alpha value is -2.06. The summed E-state index contributed by atoms with van der Waals surface area (Å²) in [6, 6.07) is 3.32. The van der Waals surface area contributed by atoms with Crippen LogP contribution in [0, 0.1) is 11.3 Å². The highest BCUT2D eigenvalue weighted by Gasteiger charge is 2.11. The second-order valence-corrected chi connectivity index (χ2v) is 3.41. The highest BCUT2D eigenvalue weighted by Crippen LogP contribution is 2.25. The molecule has 0 saturated heterocycles. The number of nitrogens with zero attached hydrogens (tertiary/aromatic N) is 2. The number of pyridine rings is 2. The van der Waals surface area contributed by atoms with Gasteiger partial charge < -0.3 is 9.72 Å². The third-order valence-corrected chi connectivity index (χ3v) is 2.52. The number of nitrogens with one attached hydrogen (secondary N) is 1. The summed E-state index contributed by atoms with van der Waals surface area (Å²) in [5, 5.41) is 9.43. The number of H-pyrrole nitrogens is 1. The second-order valence-electron chi connectivity index (χ2n) is 3.03. The van der Waals surface area contributed by atoms with Crippen molar-refractivity contribution in [2.75, 3.05) is 7.11 Å². The molecule has 2 heterocycles. The zero-order chi connectivity index (χ0) is 11.7. The number of nitriles is 1. The van der Waals surface area contributed by atoms with Crippen molar-refractivity contribution in [3.8, 4) is 11.9 Å². The maximum absolute atomic E-state index is 11.4. The highest BCUT2D eigenvalue weighted by atomic mass is 35.5. The number of aromatic amines is 1. The lowest BCUT2D eigenvalue weighted by atomic mass is 10.2. The van der Waals surface area contributed by atoms with E-state index < -0.39 is 5.56 Å². The molecular weight excluding hydrogens is 230 g/mol. The summed E-state index contributed by atoms with van der Waals surface area (Å²) < 4.78 is 4.94. The van der Waals surface area contributed by atoms with Crippen molar-refractivity contribution in [2.24, 2.45) is 0 Å². The quantitative estimate of drug-likeness (QED) is 0.812. The van der Waals surface area contributed by atoms with Crippen LogP contribution in [0.5, 0.6) is 5.88 Å². The van der Waals surface area contributed by atoms with Crippen LogP contribution in [0.4, 0.5) is 0 Å². The molecule has 0 aliphatic rings. The average Bonchev–Trinajstić information content (AvgIpc) is 2.29. The average molecular weight is 236 g/mol. The molecule has 0 radical (unpaired) electrons. The smallest absolute Gasteiger partial charge is 0.267 e. The second kappa shape index (κ2) is 3.83. The molecule has 0 amide bonds. The van der Waals surface area contributed by atoms with Crippen LogP contribution < -0.4 is 10.3 Å². The molecule has 0 aliphatic carbocycles. The lowest BCUT2D eigenvalue weighted by Gasteiger charge is -2.03. The van der Waals surface area contributed by atoms with Crippen LogP contribution in [0.2, 0.25) is 5.02 Å². The Bertz CT molecular complexity index is 657. The topological polar surface area (TPSA) is 78.8 Å². The molecule has 5 nitrogen and oxygen atoms in total. The van der Waals surface area contributed by atoms with Gasteiger partial charge in [0.1, 0.15) is 11.6 Å². The molecule has 0 aromatic carbocycles. The summed E-state index contributed by atoms with van der Waals surface area (Å²) in [5.41, 5.74) is -0.163. The summed E-state index contributed by atoms with van der Waals surface area (Å²) in [5.74, 6) is 0.366. The molecule has 0 atom stereocenters. The normalized spacial score (nSPS) is 10.1. The van der Waals surface area contributed by atoms with Gasteiger partial charge in [0.25, 0.3) is 5.56 Å². The number of ether oxygens (including phenoxy) is 1. The van der Waals surface area contributed by atoms with Crippen molar-refractivity contribution in [1.29, 1.82) is 5.26 Å². The lowest BCUT2D eigenvalue weighted by Crippen LogP contribution is -2.10. The number of halogens is 1. The van der Waals surface area contributed by atoms with Crippen molar-refractivity contribution in [1.82, 2.24) is 9.97 Å². The molecule has 2 aromatic rings. The van der Waals surface area contributed by atoms with E-state index in [0.29, 0.717) is 16.8 Å². The predicted molar refractivity (Wildman–Crippen MR) is 58.6 cm³/mol. The Morgan fingerprint density at radius 3 is 3.00 bits per heavy atom. The van der Waals surface area contributed by atoms with Gasteiger partial charge in [-0.3, -0.25) is 4.79 Å². The van der Waals surface area contributed by atoms with E-state index in [2.05, 4.69) is 9.97 Å². The van der Waals surface area contributed by atoms with Gasteiger partial charge in [-0.2, -0.15) is 5.26 Å². The van der Waals surface area contributed by atoms with Crippen LogP contribution in [0.15, 0.2) is 17.1 Å². The molecule has 6 heteroatoms. The van der Waals surface area contributed by atoms with Gasteiger partial charge in [-0.25, -0.2) is 4.98 Å². The third kappa shape index (κ3) is 1.49. The first-order valence-corrected chi connectivity index (χ1v) is 4.70. The van der Waals surface area contributed by atoms with E-state index in [4.69, 9.17) is 21.6 Å². The monoisotopic (exact) mass is 235 g/mol. The Morgan fingerprint density at radius 2 is 2.38 bits per heavy atom. The van der Waals surface area contributed by atoms with Gasteiger partial charge in [0, 0.05) is 11.5 Å². The molecule has 0 saturated carbocycles. The third-order valence-electron chi connectivity index (χ3n) is 2.13. The Morgan fingerprint density at radius 1 is 1.62 bits per heavy atom. The van der Waals surface area contributed by atoms with E-state index in [9.17, 15) is 4.79 Å². The fourth-order valence-electron chi connectivity index (χ4n) is 1.35. The van der Waals surface area contributed by atoms with E-state index in [1.165, 1.54) is 13.3 Å². The minimum Gasteiger partial charge on any atom is -0.481 e. The van der Waals surface area contributed by atoms with Gasteiger partial charge in [0.05, 0.1) is 23.8 Å². The summed E-state index contributed by atoms with van der Waals surface area (Å²) in [6.45, 7) is 0. The molecule has 2 rings (SSSR count). The van der Waals surface area contributed by atoms with Crippen LogP contribution in [0.3, 0.4) is 0 Å². The molecule has 16 heavy (non-hydrogen) atoms. The molecule has 0 fully saturated rings. The number of hydrogen-bond acceptors (Lipinski definition) is 4. The minimum absolute atomic E-state index is 0.109. The SMILES string of the molecule is COc1cc2c(Cl)c(C#N)c(=O)[nH]c2cn1. The zero-order valence-corrected chi connectivity index (χ0v) is 9.00. The van der Waals surface area contributed by atoms with E-state index in [1.54, 1.807) is 12.1 Å². The predicted octanol–water partition coefficient (Wildman–Crippen LogP) is 1.46. The molecule has 0 bridgehead atoms. The Labute approximate surface area is 95.3 Å². The van der Waals surface area contributed by atoms with E-state index >= 15 is 0 Å². The lowest BCUT2D eigenvalue weighted by molar-refractivity contribution is 0.398. The minimum atomic E-state index is -0.521. The molecule has 0 spiro atoms. The number of rotatable bonds is 1. The highest BCUT2D eigenvalue weighted by molar-refractivity contribution is 6.36. The molecule has 2 aromatic heterocycles. The van der Waals surface area contributed by atoms with Gasteiger partial charge in [0.15, 0.2) is 0 Å². The number of fused-ring (bicyclic) bond motifs is 1. The fourth-order valence-corrected chi connectivity index (χ4v) is 1.63. The van der Waals surface area contributed by atoms with E-state index in [-0.39, 0.29) is 10.6 Å². The first-order valence-electron chi connectivity index (χ1n) is 4.33. The Balaban J connectivity index is 2.90. The summed E-state index contributed by atoms with van der Waals surface area (Å²) in [7, 11) is 1.47. The van der Waals surface area contributed by atoms with Crippen LogP contribution in [0.25, 0.3) is 10.9 Å². The standard InChI is InChI=1S/C10H6ClN3O2/c1-16-8-2-5-7(4-13-8)14-10(15)6(3-12)9(5)11/h2,4H,1H3,(H,14,15). The first kappa shape index (κ1) is 10.5. The van der Waals surface area contributed by atoms with Crippen LogP contribution >= 0.6 is 11.6 Å². The van der Waals surface area contributed by atoms with Crippen molar-refractivity contribution in [3.05, 3.63) is 33.2 Å². The summed E-state index contributed by atoms with van der Waals surface area (Å²) >= 11 is 5.95. The fraction of sp³-hybridized carbons (Fsp3) is 0.100. The van der Waals surface area contributed by atoms with Crippen molar-refractivity contribution in [3.63, 3.8) is 0 Å². The molecule has 80 valence electrons. The van der Waals surface area contributed by atoms with Crippen LogP contribution in [0.1, 0.15) is 5.56 Å². The summed E-state index contributed by atoms with van der Waals surface area (Å²) in [4.78, 5) is 17.9. The van der Waals surface area contributed by atoms with E-state index in [0.717, 1.165) is 0 Å². The van der Waals surface area contributed by atoms with E-state index in [1.807, 2.05) is 0 Å². The molecule has 1 N–H and O–H groups in total. The van der Waals surface area contributed by atoms with Crippen molar-refractivity contribution in [2.45, 2.75) is 0 Å². The Kier molecular flexibility index (Phi) is 2.50. The van der Waals surface area contributed by atoms with Crippen molar-refractivity contribution >= 4 is 22.5 Å². The molecule has 0 aliphatic heterocycles. The van der Waals surface area contributed by atoms with Crippen molar-refractivity contribution < 1.29 is 4.74 Å². The van der Waals surface area contributed by atoms with Gasteiger partial charge >= 0.3 is 0 Å². The van der Waals surface area contributed by atoms with Gasteiger partial charge in [-0.05, 0) is 0 Å². The number of hydrogen-bond donors (Lipinski definition) is 1. The number of methoxy groups -OCH3 is 1. The van der Waals surface area contributed by atoms with Gasteiger partial charge in [-0.1, -0.05) is 11.6 Å². The van der Waals surface area contributed by atoms with Gasteiger partial charge in [-0.15, -0.1) is 0 Å². The molecular formula is C10H6ClN3O2. The largest absolute Gasteiger partial charge is 0.481 e. The zero-order valence-electron chi connectivity index (χ0n) is 8.24. The maximum Gasteiger partial charge on any atom is 0.267 e. The molecule has 0 unspecified atom stereocenters. The van der Waals surface area contributed by atoms with Crippen LogP contribution in [-0.2, 0) is 0 Å². The van der Waals surface area contributed by atoms with Gasteiger partial charge in [0.2, 0.25) is 5.88 Å². The maximum atomic E-state index is 11.4. The summed E-state index contributed by atoms with van der Waals surface area (Å²) in [6.07, 6.45) is 1.43. The first-order chi connectivity index (χ1) is 7.67. The number of aromatic nitrogens is 2. The van der Waals surface area contributed by atoms with Crippen LogP contribution in [-0.4, -0.2) is 17.1 Å².